The predicted octanol–water partition coefficient (Wildman–Crippen LogP) is 1.58. The summed E-state index contributed by atoms with van der Waals surface area (Å²) in [6.45, 7) is 1.55. The van der Waals surface area contributed by atoms with E-state index in [4.69, 9.17) is 19.9 Å². The molecule has 0 aliphatic carbocycles. The van der Waals surface area contributed by atoms with Gasteiger partial charge in [0.05, 0.1) is 12.3 Å². The van der Waals surface area contributed by atoms with E-state index in [9.17, 15) is 0 Å². The fourth-order valence-corrected chi connectivity index (χ4v) is 2.15. The zero-order valence-corrected chi connectivity index (χ0v) is 10.6. The zero-order chi connectivity index (χ0) is 13.2. The molecule has 0 saturated heterocycles. The molecule has 3 N–H and O–H groups in total. The molecule has 1 aromatic carbocycles. The molecule has 0 saturated carbocycles. The highest BCUT2D eigenvalue weighted by atomic mass is 16.6. The van der Waals surface area contributed by atoms with Gasteiger partial charge in [0.25, 0.3) is 0 Å². The molecule has 0 unspecified atom stereocenters. The minimum Gasteiger partial charge on any atom is -0.486 e. The maximum absolute atomic E-state index is 5.74. The molecular weight excluding hydrogens is 246 g/mol. The largest absolute Gasteiger partial charge is 0.486 e. The lowest BCUT2D eigenvalue weighted by atomic mass is 10.1. The van der Waals surface area contributed by atoms with Crippen LogP contribution in [0.2, 0.25) is 0 Å². The van der Waals surface area contributed by atoms with Gasteiger partial charge in [-0.05, 0) is 6.07 Å². The van der Waals surface area contributed by atoms with Gasteiger partial charge in [0.1, 0.15) is 19.0 Å². The second-order valence-electron chi connectivity index (χ2n) is 4.27. The maximum atomic E-state index is 5.74. The van der Waals surface area contributed by atoms with Gasteiger partial charge in [0.2, 0.25) is 0 Å². The number of H-pyrrole nitrogens is 1. The number of hydrogen-bond donors (Lipinski definition) is 2. The van der Waals surface area contributed by atoms with Crippen molar-refractivity contribution in [1.29, 1.82) is 0 Å². The normalized spacial score (nSPS) is 13.5. The first-order valence-corrected chi connectivity index (χ1v) is 6.01. The van der Waals surface area contributed by atoms with Crippen molar-refractivity contribution in [1.82, 2.24) is 10.2 Å². The number of anilines is 1. The van der Waals surface area contributed by atoms with Crippen LogP contribution in [-0.2, 0) is 11.3 Å². The third kappa shape index (κ3) is 2.10. The van der Waals surface area contributed by atoms with Gasteiger partial charge in [0.15, 0.2) is 11.5 Å². The highest BCUT2D eigenvalue weighted by molar-refractivity contribution is 5.74. The van der Waals surface area contributed by atoms with E-state index in [1.807, 2.05) is 12.1 Å². The van der Waals surface area contributed by atoms with E-state index < -0.39 is 0 Å². The van der Waals surface area contributed by atoms with Crippen LogP contribution in [0.15, 0.2) is 18.2 Å². The minimum atomic E-state index is 0.446. The van der Waals surface area contributed by atoms with Gasteiger partial charge in [-0.2, -0.15) is 5.10 Å². The van der Waals surface area contributed by atoms with Crippen LogP contribution < -0.4 is 15.2 Å². The van der Waals surface area contributed by atoms with Gasteiger partial charge in [-0.3, -0.25) is 5.10 Å². The van der Waals surface area contributed by atoms with Crippen LogP contribution in [0.25, 0.3) is 11.3 Å². The number of aromatic amines is 1. The number of fused-ring (bicyclic) bond motifs is 1. The molecule has 0 atom stereocenters. The Labute approximate surface area is 110 Å². The van der Waals surface area contributed by atoms with Crippen molar-refractivity contribution in [3.05, 3.63) is 23.8 Å². The topological polar surface area (TPSA) is 82.4 Å². The molecule has 19 heavy (non-hydrogen) atoms. The highest BCUT2D eigenvalue weighted by Gasteiger charge is 2.21. The summed E-state index contributed by atoms with van der Waals surface area (Å²) in [5.41, 5.74) is 8.30. The van der Waals surface area contributed by atoms with Crippen molar-refractivity contribution in [3.63, 3.8) is 0 Å². The van der Waals surface area contributed by atoms with Gasteiger partial charge < -0.3 is 19.9 Å². The fraction of sp³-hybridized carbons (Fsp3) is 0.308. The molecule has 6 heteroatoms. The van der Waals surface area contributed by atoms with Crippen LogP contribution in [-0.4, -0.2) is 30.5 Å². The lowest BCUT2D eigenvalue weighted by molar-refractivity contribution is 0.153. The van der Waals surface area contributed by atoms with E-state index in [-0.39, 0.29) is 0 Å². The summed E-state index contributed by atoms with van der Waals surface area (Å²) in [6, 6.07) is 5.68. The van der Waals surface area contributed by atoms with Gasteiger partial charge in [0, 0.05) is 24.3 Å². The summed E-state index contributed by atoms with van der Waals surface area (Å²) >= 11 is 0. The average Bonchev–Trinajstić information content (AvgIpc) is 2.86. The number of hydrogen-bond acceptors (Lipinski definition) is 5. The number of nitrogens with two attached hydrogens (primary N) is 1. The number of methoxy groups -OCH3 is 1. The maximum Gasteiger partial charge on any atom is 0.171 e. The van der Waals surface area contributed by atoms with Crippen LogP contribution >= 0.6 is 0 Å². The Kier molecular flexibility index (Phi) is 3.00. The van der Waals surface area contributed by atoms with Gasteiger partial charge >= 0.3 is 0 Å². The highest BCUT2D eigenvalue weighted by Crippen LogP contribution is 2.42. The van der Waals surface area contributed by atoms with Crippen LogP contribution in [0.5, 0.6) is 11.5 Å². The second-order valence-corrected chi connectivity index (χ2v) is 4.27. The van der Waals surface area contributed by atoms with E-state index in [1.165, 1.54) is 0 Å². The van der Waals surface area contributed by atoms with Crippen LogP contribution in [0.3, 0.4) is 0 Å². The average molecular weight is 261 g/mol. The summed E-state index contributed by atoms with van der Waals surface area (Å²) in [6.07, 6.45) is 0. The standard InChI is InChI=1S/C13H15N3O3/c1-17-7-8-2-3-9(10-6-11(14)16-15-10)13-12(8)18-4-5-19-13/h2-3,6H,4-5,7H2,1H3,(H3,14,15,16). The number of nitrogens with zero attached hydrogens (tertiary/aromatic N) is 1. The molecule has 6 nitrogen and oxygen atoms in total. The van der Waals surface area contributed by atoms with E-state index in [0.29, 0.717) is 31.4 Å². The Morgan fingerprint density at radius 3 is 2.79 bits per heavy atom. The van der Waals surface area contributed by atoms with E-state index in [0.717, 1.165) is 22.6 Å². The van der Waals surface area contributed by atoms with E-state index >= 15 is 0 Å². The second kappa shape index (κ2) is 4.81. The number of nitrogen functional groups attached to an aromatic ring is 1. The van der Waals surface area contributed by atoms with Crippen molar-refractivity contribution in [3.8, 4) is 22.8 Å². The summed E-state index contributed by atoms with van der Waals surface area (Å²) < 4.78 is 16.6. The molecular formula is C13H15N3O3. The van der Waals surface area contributed by atoms with Crippen molar-refractivity contribution in [2.24, 2.45) is 0 Å². The number of rotatable bonds is 3. The Hall–Kier alpha value is -2.21. The summed E-state index contributed by atoms with van der Waals surface area (Å²) in [5.74, 6) is 1.89. The lowest BCUT2D eigenvalue weighted by Gasteiger charge is -2.23. The number of benzene rings is 1. The van der Waals surface area contributed by atoms with Crippen molar-refractivity contribution in [2.45, 2.75) is 6.61 Å². The van der Waals surface area contributed by atoms with Crippen molar-refractivity contribution < 1.29 is 14.2 Å². The third-order valence-corrected chi connectivity index (χ3v) is 2.96. The SMILES string of the molecule is COCc1ccc(-c2cc(N)n[nH]2)c2c1OCCO2. The first-order chi connectivity index (χ1) is 9.29. The minimum absolute atomic E-state index is 0.446. The smallest absolute Gasteiger partial charge is 0.171 e. The zero-order valence-electron chi connectivity index (χ0n) is 10.6. The summed E-state index contributed by atoms with van der Waals surface area (Å²) in [4.78, 5) is 0. The number of nitrogens with one attached hydrogen (secondary N) is 1. The van der Waals surface area contributed by atoms with Crippen molar-refractivity contribution in [2.75, 3.05) is 26.1 Å². The summed E-state index contributed by atoms with van der Waals surface area (Å²) in [5, 5.41) is 6.81. The predicted molar refractivity (Wildman–Crippen MR) is 70.1 cm³/mol. The molecule has 0 spiro atoms. The van der Waals surface area contributed by atoms with Gasteiger partial charge in [-0.25, -0.2) is 0 Å². The molecule has 100 valence electrons. The van der Waals surface area contributed by atoms with Gasteiger partial charge in [-0.1, -0.05) is 6.07 Å². The van der Waals surface area contributed by atoms with Crippen LogP contribution in [0.1, 0.15) is 5.56 Å². The molecule has 1 aliphatic heterocycles. The van der Waals surface area contributed by atoms with E-state index in [2.05, 4.69) is 10.2 Å². The molecule has 3 rings (SSSR count). The molecule has 0 fully saturated rings. The van der Waals surface area contributed by atoms with Crippen LogP contribution in [0, 0.1) is 0 Å². The molecule has 2 heterocycles. The van der Waals surface area contributed by atoms with E-state index in [1.54, 1.807) is 13.2 Å². The number of ether oxygens (including phenoxy) is 3. The Balaban J connectivity index is 2.11. The Morgan fingerprint density at radius 2 is 2.11 bits per heavy atom. The van der Waals surface area contributed by atoms with Crippen molar-refractivity contribution >= 4 is 5.82 Å². The molecule has 0 bridgehead atoms. The molecule has 0 radical (unpaired) electrons. The Morgan fingerprint density at radius 1 is 1.32 bits per heavy atom. The molecule has 1 aromatic heterocycles. The first kappa shape index (κ1) is 11.9. The fourth-order valence-electron chi connectivity index (χ4n) is 2.15. The summed E-state index contributed by atoms with van der Waals surface area (Å²) in [7, 11) is 1.65. The quantitative estimate of drug-likeness (QED) is 0.876. The third-order valence-electron chi connectivity index (χ3n) is 2.96. The molecule has 0 amide bonds. The van der Waals surface area contributed by atoms with Gasteiger partial charge in [-0.15, -0.1) is 0 Å². The molecule has 1 aliphatic rings. The number of aromatic nitrogens is 2. The monoisotopic (exact) mass is 261 g/mol. The molecule has 2 aromatic rings. The lowest BCUT2D eigenvalue weighted by Crippen LogP contribution is -2.17. The first-order valence-electron chi connectivity index (χ1n) is 6.01. The Bertz CT molecular complexity index is 595. The van der Waals surface area contributed by atoms with Crippen LogP contribution in [0.4, 0.5) is 5.82 Å².